The van der Waals surface area contributed by atoms with Gasteiger partial charge in [0, 0.05) is 15.3 Å². The number of aliphatic hydroxyl groups is 1. The molecule has 1 atom stereocenters. The molecule has 1 rings (SSSR count). The van der Waals surface area contributed by atoms with E-state index in [9.17, 15) is 9.90 Å². The summed E-state index contributed by atoms with van der Waals surface area (Å²) in [5, 5.41) is 12.5. The first-order valence-electron chi connectivity index (χ1n) is 9.26. The second-order valence-electron chi connectivity index (χ2n) is 4.60. The third-order valence-electron chi connectivity index (χ3n) is 2.32. The fourth-order valence-electron chi connectivity index (χ4n) is 1.40. The van der Waals surface area contributed by atoms with Crippen molar-refractivity contribution in [2.45, 2.75) is 39.3 Å². The first-order chi connectivity index (χ1) is 11.8. The number of rotatable bonds is 9. The molecular formula is C16H25NO4. The van der Waals surface area contributed by atoms with Gasteiger partial charge in [0.2, 0.25) is 0 Å². The molecule has 0 aliphatic heterocycles. The SMILES string of the molecule is [2H]C([2H])(NC(C)C)C([2H])(O)C([2H])([2H])Oc1ccc(CC(=O)OCC)cc1. The summed E-state index contributed by atoms with van der Waals surface area (Å²) in [6, 6.07) is 5.35. The summed E-state index contributed by atoms with van der Waals surface area (Å²) in [6.07, 6.45) is -3.18. The van der Waals surface area contributed by atoms with Crippen LogP contribution in [0.2, 0.25) is 0 Å². The van der Waals surface area contributed by atoms with Crippen LogP contribution in [0.1, 0.15) is 33.2 Å². The van der Waals surface area contributed by atoms with Crippen LogP contribution < -0.4 is 10.1 Å². The van der Waals surface area contributed by atoms with Crippen molar-refractivity contribution in [2.24, 2.45) is 0 Å². The molecule has 0 spiro atoms. The van der Waals surface area contributed by atoms with Crippen molar-refractivity contribution in [2.75, 3.05) is 19.7 Å². The summed E-state index contributed by atoms with van der Waals surface area (Å²) in [5.74, 6) is -0.418. The maximum absolute atomic E-state index is 11.4. The Balaban J connectivity index is 2.90. The van der Waals surface area contributed by atoms with Crippen molar-refractivity contribution < 1.29 is 26.2 Å². The van der Waals surface area contributed by atoms with Gasteiger partial charge in [-0.3, -0.25) is 4.79 Å². The molecule has 21 heavy (non-hydrogen) atoms. The van der Waals surface area contributed by atoms with Crippen molar-refractivity contribution >= 4 is 5.97 Å². The number of nitrogens with one attached hydrogen (secondary N) is 1. The molecule has 0 aliphatic rings. The summed E-state index contributed by atoms with van der Waals surface area (Å²) in [6.45, 7) is -0.644. The van der Waals surface area contributed by atoms with Gasteiger partial charge in [0.25, 0.3) is 0 Å². The van der Waals surface area contributed by atoms with Crippen LogP contribution in [-0.4, -0.2) is 42.9 Å². The van der Waals surface area contributed by atoms with Crippen molar-refractivity contribution in [1.82, 2.24) is 5.32 Å². The Hall–Kier alpha value is -1.59. The molecule has 5 nitrogen and oxygen atoms in total. The Morgan fingerprint density at radius 3 is 2.67 bits per heavy atom. The fraction of sp³-hybridized carbons (Fsp3) is 0.562. The minimum absolute atomic E-state index is 0.0198. The lowest BCUT2D eigenvalue weighted by atomic mass is 10.1. The van der Waals surface area contributed by atoms with E-state index >= 15 is 0 Å². The van der Waals surface area contributed by atoms with E-state index in [1.165, 1.54) is 24.3 Å². The van der Waals surface area contributed by atoms with Crippen LogP contribution in [0.5, 0.6) is 5.75 Å². The normalized spacial score (nSPS) is 18.6. The molecular weight excluding hydrogens is 270 g/mol. The van der Waals surface area contributed by atoms with Crippen molar-refractivity contribution in [1.29, 1.82) is 0 Å². The first kappa shape index (κ1) is 11.0. The van der Waals surface area contributed by atoms with Gasteiger partial charge in [0.1, 0.15) is 18.4 Å². The minimum Gasteiger partial charge on any atom is -0.491 e. The Morgan fingerprint density at radius 2 is 2.10 bits per heavy atom. The van der Waals surface area contributed by atoms with Crippen LogP contribution in [0.15, 0.2) is 24.3 Å². The summed E-state index contributed by atoms with van der Waals surface area (Å²) in [5.41, 5.74) is 0.620. The first-order valence-corrected chi connectivity index (χ1v) is 6.76. The molecule has 0 fully saturated rings. The van der Waals surface area contributed by atoms with Gasteiger partial charge >= 0.3 is 5.97 Å². The summed E-state index contributed by atoms with van der Waals surface area (Å²) in [4.78, 5) is 11.4. The fourth-order valence-corrected chi connectivity index (χ4v) is 1.40. The quantitative estimate of drug-likeness (QED) is 0.677. The topological polar surface area (TPSA) is 67.8 Å². The Labute approximate surface area is 133 Å². The molecule has 0 saturated carbocycles. The number of esters is 1. The van der Waals surface area contributed by atoms with Crippen molar-refractivity contribution in [3.8, 4) is 5.75 Å². The smallest absolute Gasteiger partial charge is 0.310 e. The average Bonchev–Trinajstić information content (AvgIpc) is 2.47. The highest BCUT2D eigenvalue weighted by Crippen LogP contribution is 2.13. The molecule has 0 radical (unpaired) electrons. The zero-order valence-electron chi connectivity index (χ0n) is 17.5. The highest BCUT2D eigenvalue weighted by atomic mass is 16.5. The van der Waals surface area contributed by atoms with Crippen LogP contribution in [0.25, 0.3) is 0 Å². The molecule has 0 bridgehead atoms. The number of carbonyl (C=O) groups is 1. The van der Waals surface area contributed by atoms with Crippen LogP contribution in [0.4, 0.5) is 0 Å². The van der Waals surface area contributed by atoms with Gasteiger partial charge in [-0.1, -0.05) is 26.0 Å². The summed E-state index contributed by atoms with van der Waals surface area (Å²) < 4.78 is 48.9. The molecule has 0 heterocycles. The van der Waals surface area contributed by atoms with E-state index in [0.717, 1.165) is 0 Å². The minimum atomic E-state index is -3.23. The van der Waals surface area contributed by atoms with Crippen LogP contribution >= 0.6 is 0 Å². The number of hydrogen-bond acceptors (Lipinski definition) is 5. The largest absolute Gasteiger partial charge is 0.491 e. The highest BCUT2D eigenvalue weighted by Gasteiger charge is 2.07. The molecule has 0 aliphatic carbocycles. The van der Waals surface area contributed by atoms with E-state index in [0.29, 0.717) is 5.56 Å². The van der Waals surface area contributed by atoms with Crippen LogP contribution in [-0.2, 0) is 16.0 Å². The predicted octanol–water partition coefficient (Wildman–Crippen LogP) is 1.53. The van der Waals surface area contributed by atoms with E-state index < -0.39 is 31.1 Å². The number of benzene rings is 1. The molecule has 0 aromatic heterocycles. The number of ether oxygens (including phenoxy) is 2. The van der Waals surface area contributed by atoms with Gasteiger partial charge in [-0.05, 0) is 24.6 Å². The van der Waals surface area contributed by atoms with Crippen molar-refractivity contribution in [3.63, 3.8) is 0 Å². The zero-order valence-corrected chi connectivity index (χ0v) is 12.5. The highest BCUT2D eigenvalue weighted by molar-refractivity contribution is 5.72. The molecule has 0 saturated heterocycles. The lowest BCUT2D eigenvalue weighted by molar-refractivity contribution is -0.142. The molecule has 118 valence electrons. The Bertz CT molecular complexity index is 605. The molecule has 0 amide bonds. The number of carbonyl (C=O) groups excluding carboxylic acids is 1. The van der Waals surface area contributed by atoms with E-state index in [4.69, 9.17) is 16.3 Å². The van der Waals surface area contributed by atoms with Crippen molar-refractivity contribution in [3.05, 3.63) is 29.8 Å². The third kappa shape index (κ3) is 7.68. The van der Waals surface area contributed by atoms with E-state index in [2.05, 4.69) is 5.32 Å². The molecule has 1 aromatic rings. The second kappa shape index (κ2) is 9.37. The maximum Gasteiger partial charge on any atom is 0.310 e. The maximum atomic E-state index is 11.4. The van der Waals surface area contributed by atoms with Crippen LogP contribution in [0, 0.1) is 0 Å². The zero-order chi connectivity index (χ0) is 20.2. The van der Waals surface area contributed by atoms with E-state index in [1.54, 1.807) is 20.8 Å². The standard InChI is InChI=1S/C16H25NO4/c1-4-20-16(19)9-13-5-7-15(8-6-13)21-11-14(18)10-17-12(2)3/h5-8,12,14,17-18H,4,9-11H2,1-3H3/i10D2,11D2,14D. The molecule has 1 unspecified atom stereocenters. The third-order valence-corrected chi connectivity index (χ3v) is 2.32. The van der Waals surface area contributed by atoms with Crippen LogP contribution in [0.3, 0.4) is 0 Å². The molecule has 5 heteroatoms. The molecule has 1 aromatic carbocycles. The van der Waals surface area contributed by atoms with E-state index in [1.807, 2.05) is 0 Å². The predicted molar refractivity (Wildman–Crippen MR) is 81.4 cm³/mol. The van der Waals surface area contributed by atoms with Gasteiger partial charge in [0.05, 0.1) is 17.1 Å². The van der Waals surface area contributed by atoms with Gasteiger partial charge in [-0.25, -0.2) is 0 Å². The summed E-state index contributed by atoms with van der Waals surface area (Å²) in [7, 11) is 0. The van der Waals surface area contributed by atoms with E-state index in [-0.39, 0.29) is 18.8 Å². The van der Waals surface area contributed by atoms with Gasteiger partial charge in [-0.15, -0.1) is 0 Å². The average molecular weight is 300 g/mol. The Morgan fingerprint density at radius 1 is 1.43 bits per heavy atom. The van der Waals surface area contributed by atoms with Gasteiger partial charge in [0.15, 0.2) is 0 Å². The lowest BCUT2D eigenvalue weighted by Crippen LogP contribution is -2.35. The number of hydrogen-bond donors (Lipinski definition) is 2. The second-order valence-corrected chi connectivity index (χ2v) is 4.60. The monoisotopic (exact) mass is 300 g/mol. The van der Waals surface area contributed by atoms with Gasteiger partial charge < -0.3 is 19.9 Å². The Kier molecular flexibility index (Phi) is 4.92. The molecule has 2 N–H and O–H groups in total. The van der Waals surface area contributed by atoms with Gasteiger partial charge in [-0.2, -0.15) is 0 Å². The lowest BCUT2D eigenvalue weighted by Gasteiger charge is -2.15. The summed E-state index contributed by atoms with van der Waals surface area (Å²) >= 11 is 0.